The average molecular weight is 473 g/mol. The summed E-state index contributed by atoms with van der Waals surface area (Å²) in [4.78, 5) is 36.4. The smallest absolute Gasteiger partial charge is 0.329 e. The summed E-state index contributed by atoms with van der Waals surface area (Å²) in [6, 6.07) is 20.2. The van der Waals surface area contributed by atoms with Gasteiger partial charge in [0.1, 0.15) is 5.75 Å². The van der Waals surface area contributed by atoms with Crippen molar-refractivity contribution >= 4 is 29.6 Å². The maximum atomic E-state index is 12.5. The lowest BCUT2D eigenvalue weighted by Gasteiger charge is -2.14. The van der Waals surface area contributed by atoms with Crippen molar-refractivity contribution in [3.05, 3.63) is 94.5 Å². The zero-order chi connectivity index (χ0) is 25.2. The standard InChI is InChI=1S/C27H28N4O4/c1-18-13-19(2)25(20(3)14-18)30-24(32)17-35-23-12-8-7-11-22(23)16-29-31-27(34)26(33)28-15-21-9-5-4-6-10-21/h4-14,16H,15,17H2,1-3H3,(H,28,33)(H,30,32)(H,31,34)/b29-16-. The predicted molar refractivity (Wildman–Crippen MR) is 135 cm³/mol. The van der Waals surface area contributed by atoms with Crippen LogP contribution in [0.2, 0.25) is 0 Å². The summed E-state index contributed by atoms with van der Waals surface area (Å²) in [6.45, 7) is 5.92. The Morgan fingerprint density at radius 1 is 0.886 bits per heavy atom. The van der Waals surface area contributed by atoms with E-state index >= 15 is 0 Å². The summed E-state index contributed by atoms with van der Waals surface area (Å²) in [6.07, 6.45) is 1.35. The minimum absolute atomic E-state index is 0.203. The molecule has 8 nitrogen and oxygen atoms in total. The first-order valence-corrected chi connectivity index (χ1v) is 11.1. The summed E-state index contributed by atoms with van der Waals surface area (Å²) in [5, 5.41) is 9.26. The number of para-hydroxylation sites is 1. The highest BCUT2D eigenvalue weighted by Crippen LogP contribution is 2.22. The van der Waals surface area contributed by atoms with Crippen LogP contribution in [0, 0.1) is 20.8 Å². The van der Waals surface area contributed by atoms with E-state index in [1.165, 1.54) is 6.21 Å². The zero-order valence-corrected chi connectivity index (χ0v) is 19.9. The molecule has 0 spiro atoms. The maximum absolute atomic E-state index is 12.5. The fraction of sp³-hybridized carbons (Fsp3) is 0.185. The largest absolute Gasteiger partial charge is 0.483 e. The van der Waals surface area contributed by atoms with Crippen molar-refractivity contribution in [2.75, 3.05) is 11.9 Å². The van der Waals surface area contributed by atoms with Crippen LogP contribution in [0.4, 0.5) is 5.69 Å². The second kappa shape index (κ2) is 12.1. The lowest BCUT2D eigenvalue weighted by atomic mass is 10.1. The van der Waals surface area contributed by atoms with Gasteiger partial charge in [-0.25, -0.2) is 5.43 Å². The molecule has 180 valence electrons. The summed E-state index contributed by atoms with van der Waals surface area (Å²) >= 11 is 0. The highest BCUT2D eigenvalue weighted by atomic mass is 16.5. The molecule has 0 radical (unpaired) electrons. The van der Waals surface area contributed by atoms with Crippen molar-refractivity contribution in [3.8, 4) is 5.75 Å². The highest BCUT2D eigenvalue weighted by Gasteiger charge is 2.13. The first-order valence-electron chi connectivity index (χ1n) is 11.1. The van der Waals surface area contributed by atoms with E-state index in [1.807, 2.05) is 63.2 Å². The molecule has 0 heterocycles. The SMILES string of the molecule is Cc1cc(C)c(NC(=O)COc2ccccc2/C=N\NC(=O)C(=O)NCc2ccccc2)c(C)c1. The van der Waals surface area contributed by atoms with Crippen molar-refractivity contribution in [1.82, 2.24) is 10.7 Å². The van der Waals surface area contributed by atoms with Gasteiger partial charge in [0.25, 0.3) is 5.91 Å². The van der Waals surface area contributed by atoms with Gasteiger partial charge in [0.15, 0.2) is 6.61 Å². The molecule has 3 amide bonds. The van der Waals surface area contributed by atoms with E-state index in [1.54, 1.807) is 24.3 Å². The zero-order valence-electron chi connectivity index (χ0n) is 19.9. The number of benzene rings is 3. The van der Waals surface area contributed by atoms with E-state index < -0.39 is 11.8 Å². The Bertz CT molecular complexity index is 1220. The number of amides is 3. The van der Waals surface area contributed by atoms with Crippen molar-refractivity contribution in [1.29, 1.82) is 0 Å². The molecule has 0 bridgehead atoms. The van der Waals surface area contributed by atoms with Crippen molar-refractivity contribution in [2.45, 2.75) is 27.3 Å². The number of carbonyl (C=O) groups is 3. The molecule has 8 heteroatoms. The molecular formula is C27H28N4O4. The number of aryl methyl sites for hydroxylation is 3. The van der Waals surface area contributed by atoms with Crippen LogP contribution in [0.25, 0.3) is 0 Å². The number of hydrazone groups is 1. The minimum atomic E-state index is -0.890. The Morgan fingerprint density at radius 2 is 1.54 bits per heavy atom. The molecule has 3 aromatic carbocycles. The number of nitrogens with one attached hydrogen (secondary N) is 3. The topological polar surface area (TPSA) is 109 Å². The molecule has 0 aromatic heterocycles. The number of hydrogen-bond donors (Lipinski definition) is 3. The van der Waals surface area contributed by atoms with E-state index in [-0.39, 0.29) is 19.1 Å². The fourth-order valence-corrected chi connectivity index (χ4v) is 3.48. The van der Waals surface area contributed by atoms with Gasteiger partial charge in [0.05, 0.1) is 6.21 Å². The highest BCUT2D eigenvalue weighted by molar-refractivity contribution is 6.35. The fourth-order valence-electron chi connectivity index (χ4n) is 3.48. The molecular weight excluding hydrogens is 444 g/mol. The van der Waals surface area contributed by atoms with Crippen LogP contribution in [0.1, 0.15) is 27.8 Å². The number of anilines is 1. The van der Waals surface area contributed by atoms with Crippen LogP contribution < -0.4 is 20.8 Å². The molecule has 0 saturated heterocycles. The van der Waals surface area contributed by atoms with Crippen molar-refractivity contribution in [3.63, 3.8) is 0 Å². The lowest BCUT2D eigenvalue weighted by Crippen LogP contribution is -2.37. The third-order valence-corrected chi connectivity index (χ3v) is 5.09. The molecule has 0 atom stereocenters. The first-order chi connectivity index (χ1) is 16.8. The molecule has 0 saturated carbocycles. The number of rotatable bonds is 8. The van der Waals surface area contributed by atoms with Gasteiger partial charge in [-0.15, -0.1) is 0 Å². The Labute approximate surface area is 204 Å². The van der Waals surface area contributed by atoms with Crippen LogP contribution >= 0.6 is 0 Å². The van der Waals surface area contributed by atoms with Gasteiger partial charge in [-0.2, -0.15) is 5.10 Å². The average Bonchev–Trinajstić information content (AvgIpc) is 2.84. The Balaban J connectivity index is 1.52. The quantitative estimate of drug-likeness (QED) is 0.265. The van der Waals surface area contributed by atoms with Gasteiger partial charge in [-0.3, -0.25) is 14.4 Å². The molecule has 0 aliphatic heterocycles. The summed E-state index contributed by atoms with van der Waals surface area (Å²) in [5.41, 5.74) is 7.46. The number of nitrogens with zero attached hydrogens (tertiary/aromatic N) is 1. The summed E-state index contributed by atoms with van der Waals surface area (Å²) < 4.78 is 5.67. The van der Waals surface area contributed by atoms with Gasteiger partial charge in [0.2, 0.25) is 0 Å². The lowest BCUT2D eigenvalue weighted by molar-refractivity contribution is -0.139. The van der Waals surface area contributed by atoms with Crippen molar-refractivity contribution in [2.24, 2.45) is 5.10 Å². The van der Waals surface area contributed by atoms with E-state index in [2.05, 4.69) is 21.2 Å². The van der Waals surface area contributed by atoms with Gasteiger partial charge in [-0.1, -0.05) is 60.2 Å². The summed E-state index contributed by atoms with van der Waals surface area (Å²) in [7, 11) is 0. The van der Waals surface area contributed by atoms with E-state index in [0.717, 1.165) is 27.9 Å². The van der Waals surface area contributed by atoms with Crippen molar-refractivity contribution < 1.29 is 19.1 Å². The van der Waals surface area contributed by atoms with Crippen LogP contribution in [0.3, 0.4) is 0 Å². The molecule has 0 aliphatic carbocycles. The normalized spacial score (nSPS) is 10.6. The number of ether oxygens (including phenoxy) is 1. The van der Waals surface area contributed by atoms with Crippen LogP contribution in [0.15, 0.2) is 71.8 Å². The minimum Gasteiger partial charge on any atom is -0.483 e. The van der Waals surface area contributed by atoms with Crippen LogP contribution in [0.5, 0.6) is 5.75 Å². The van der Waals surface area contributed by atoms with E-state index in [4.69, 9.17) is 4.74 Å². The second-order valence-corrected chi connectivity index (χ2v) is 8.02. The van der Waals surface area contributed by atoms with Gasteiger partial charge in [0, 0.05) is 17.8 Å². The molecule has 3 aromatic rings. The van der Waals surface area contributed by atoms with Gasteiger partial charge < -0.3 is 15.4 Å². The molecule has 3 N–H and O–H groups in total. The second-order valence-electron chi connectivity index (χ2n) is 8.02. The monoisotopic (exact) mass is 472 g/mol. The third kappa shape index (κ3) is 7.53. The van der Waals surface area contributed by atoms with Crippen LogP contribution in [-0.4, -0.2) is 30.5 Å². The van der Waals surface area contributed by atoms with Gasteiger partial charge >= 0.3 is 11.8 Å². The van der Waals surface area contributed by atoms with E-state index in [9.17, 15) is 14.4 Å². The molecule has 3 rings (SSSR count). The molecule has 0 unspecified atom stereocenters. The Hall–Kier alpha value is -4.46. The van der Waals surface area contributed by atoms with Gasteiger partial charge in [-0.05, 0) is 49.6 Å². The molecule has 0 fully saturated rings. The summed E-state index contributed by atoms with van der Waals surface area (Å²) in [5.74, 6) is -1.57. The number of carbonyl (C=O) groups excluding carboxylic acids is 3. The van der Waals surface area contributed by atoms with E-state index in [0.29, 0.717) is 11.3 Å². The Morgan fingerprint density at radius 3 is 2.26 bits per heavy atom. The molecule has 0 aliphatic rings. The van der Waals surface area contributed by atoms with Crippen LogP contribution in [-0.2, 0) is 20.9 Å². The first kappa shape index (κ1) is 25.2. The number of hydrogen-bond acceptors (Lipinski definition) is 5. The predicted octanol–water partition coefficient (Wildman–Crippen LogP) is 3.40. The maximum Gasteiger partial charge on any atom is 0.329 e. The molecule has 35 heavy (non-hydrogen) atoms. The Kier molecular flexibility index (Phi) is 8.72. The third-order valence-electron chi connectivity index (χ3n) is 5.09.